The van der Waals surface area contributed by atoms with Gasteiger partial charge in [-0.2, -0.15) is 0 Å². The van der Waals surface area contributed by atoms with Crippen LogP contribution in [0.3, 0.4) is 0 Å². The highest BCUT2D eigenvalue weighted by Gasteiger charge is 2.39. The number of nitrogens with one attached hydrogen (secondary N) is 1. The zero-order valence-electron chi connectivity index (χ0n) is 11.3. The molecule has 1 heterocycles. The Morgan fingerprint density at radius 3 is 2.29 bits per heavy atom. The fourth-order valence-electron chi connectivity index (χ4n) is 2.63. The molecule has 0 radical (unpaired) electrons. The number of hydrogen-bond donors (Lipinski definition) is 2. The van der Waals surface area contributed by atoms with Crippen LogP contribution in [0.15, 0.2) is 0 Å². The molecule has 100 valence electrons. The number of rotatable bonds is 5. The summed E-state index contributed by atoms with van der Waals surface area (Å²) in [4.78, 5) is 11.1. The van der Waals surface area contributed by atoms with E-state index in [9.17, 15) is 4.79 Å². The average Bonchev–Trinajstić information content (AvgIpc) is 2.14. The van der Waals surface area contributed by atoms with Gasteiger partial charge >= 0.3 is 5.97 Å². The number of aliphatic carboxylic acids is 1. The summed E-state index contributed by atoms with van der Waals surface area (Å²) in [6, 6.07) is -0.367. The first-order valence-electron chi connectivity index (χ1n) is 6.49. The lowest BCUT2D eigenvalue weighted by molar-refractivity contribution is -0.140. The van der Waals surface area contributed by atoms with Gasteiger partial charge < -0.3 is 5.11 Å². The lowest BCUT2D eigenvalue weighted by Gasteiger charge is -2.43. The van der Waals surface area contributed by atoms with Crippen LogP contribution in [0.25, 0.3) is 0 Å². The molecule has 0 aromatic heterocycles. The third kappa shape index (κ3) is 4.51. The maximum Gasteiger partial charge on any atom is 0.320 e. The van der Waals surface area contributed by atoms with Crippen LogP contribution in [0.4, 0.5) is 0 Å². The van der Waals surface area contributed by atoms with E-state index in [-0.39, 0.29) is 10.9 Å². The van der Waals surface area contributed by atoms with Crippen molar-refractivity contribution in [3.05, 3.63) is 0 Å². The lowest BCUT2D eigenvalue weighted by atomic mass is 9.93. The second-order valence-electron chi connectivity index (χ2n) is 5.86. The molecule has 1 atom stereocenters. The summed E-state index contributed by atoms with van der Waals surface area (Å²) < 4.78 is 0. The fourth-order valence-corrected chi connectivity index (χ4v) is 4.50. The van der Waals surface area contributed by atoms with E-state index in [0.717, 1.165) is 25.0 Å². The highest BCUT2D eigenvalue weighted by atomic mass is 32.2. The lowest BCUT2D eigenvalue weighted by Crippen LogP contribution is -2.55. The number of thioether (sulfide) groups is 1. The molecule has 1 rings (SSSR count). The van der Waals surface area contributed by atoms with Crippen LogP contribution < -0.4 is 5.32 Å². The molecule has 0 aromatic carbocycles. The maximum atomic E-state index is 11.1. The maximum absolute atomic E-state index is 11.1. The van der Waals surface area contributed by atoms with Gasteiger partial charge in [0.05, 0.1) is 4.87 Å². The zero-order chi connectivity index (χ0) is 13.1. The molecular formula is C13H25NO2S. The van der Waals surface area contributed by atoms with E-state index < -0.39 is 5.97 Å². The SMILES string of the molecule is CC(C)CC1(CC(C)C)NC(C(=O)O)CCS1. The van der Waals surface area contributed by atoms with Crippen molar-refractivity contribution in [2.75, 3.05) is 5.75 Å². The molecule has 0 amide bonds. The Hall–Kier alpha value is -0.220. The molecule has 2 N–H and O–H groups in total. The average molecular weight is 259 g/mol. The number of carboxylic acids is 1. The van der Waals surface area contributed by atoms with Crippen molar-refractivity contribution in [3.8, 4) is 0 Å². The van der Waals surface area contributed by atoms with Gasteiger partial charge in [0.15, 0.2) is 0 Å². The van der Waals surface area contributed by atoms with Gasteiger partial charge in [-0.3, -0.25) is 10.1 Å². The molecular weight excluding hydrogens is 234 g/mol. The number of hydrogen-bond acceptors (Lipinski definition) is 3. The predicted octanol–water partition coefficient (Wildman–Crippen LogP) is 2.95. The molecule has 0 aromatic rings. The molecule has 1 fully saturated rings. The summed E-state index contributed by atoms with van der Waals surface area (Å²) in [5.74, 6) is 1.41. The Morgan fingerprint density at radius 2 is 1.88 bits per heavy atom. The van der Waals surface area contributed by atoms with Gasteiger partial charge in [0.2, 0.25) is 0 Å². The van der Waals surface area contributed by atoms with Crippen LogP contribution in [-0.4, -0.2) is 27.7 Å². The van der Waals surface area contributed by atoms with Gasteiger partial charge in [-0.15, -0.1) is 11.8 Å². The van der Waals surface area contributed by atoms with Crippen molar-refractivity contribution >= 4 is 17.7 Å². The topological polar surface area (TPSA) is 49.3 Å². The minimum atomic E-state index is -0.706. The Bertz CT molecular complexity index is 256. The van der Waals surface area contributed by atoms with Crippen molar-refractivity contribution in [1.29, 1.82) is 0 Å². The van der Waals surface area contributed by atoms with Gasteiger partial charge in [-0.05, 0) is 36.9 Å². The van der Waals surface area contributed by atoms with Crippen LogP contribution in [-0.2, 0) is 4.79 Å². The van der Waals surface area contributed by atoms with Gasteiger partial charge in [-0.25, -0.2) is 0 Å². The van der Waals surface area contributed by atoms with Crippen molar-refractivity contribution in [3.63, 3.8) is 0 Å². The van der Waals surface area contributed by atoms with E-state index in [1.165, 1.54) is 0 Å². The van der Waals surface area contributed by atoms with Crippen molar-refractivity contribution in [2.45, 2.75) is 57.9 Å². The first-order chi connectivity index (χ1) is 7.84. The van der Waals surface area contributed by atoms with Gasteiger partial charge in [0.25, 0.3) is 0 Å². The molecule has 0 aliphatic carbocycles. The molecule has 4 heteroatoms. The molecule has 1 saturated heterocycles. The minimum absolute atomic E-state index is 0.0381. The normalized spacial score (nSPS) is 24.2. The highest BCUT2D eigenvalue weighted by Crippen LogP contribution is 2.39. The van der Waals surface area contributed by atoms with Crippen LogP contribution in [0, 0.1) is 11.8 Å². The molecule has 17 heavy (non-hydrogen) atoms. The number of carbonyl (C=O) groups is 1. The molecule has 1 aliphatic rings. The molecule has 1 aliphatic heterocycles. The summed E-state index contributed by atoms with van der Waals surface area (Å²) in [7, 11) is 0. The van der Waals surface area contributed by atoms with Crippen molar-refractivity contribution in [2.24, 2.45) is 11.8 Å². The highest BCUT2D eigenvalue weighted by molar-refractivity contribution is 8.00. The first-order valence-corrected chi connectivity index (χ1v) is 7.47. The molecule has 3 nitrogen and oxygen atoms in total. The Labute approximate surface area is 109 Å². The second-order valence-corrected chi connectivity index (χ2v) is 7.34. The van der Waals surface area contributed by atoms with Gasteiger partial charge in [0, 0.05) is 0 Å². The standard InChI is InChI=1S/C13H25NO2S/c1-9(2)7-13(8-10(3)4)14-11(12(15)16)5-6-17-13/h9-11,14H,5-8H2,1-4H3,(H,15,16). The van der Waals surface area contributed by atoms with Crippen LogP contribution >= 0.6 is 11.8 Å². The Balaban J connectivity index is 2.77. The first kappa shape index (κ1) is 14.8. The van der Waals surface area contributed by atoms with E-state index in [0.29, 0.717) is 11.8 Å². The molecule has 0 bridgehead atoms. The summed E-state index contributed by atoms with van der Waals surface area (Å²) >= 11 is 1.91. The smallest absolute Gasteiger partial charge is 0.320 e. The minimum Gasteiger partial charge on any atom is -0.480 e. The third-order valence-electron chi connectivity index (χ3n) is 3.00. The van der Waals surface area contributed by atoms with Crippen LogP contribution in [0.5, 0.6) is 0 Å². The monoisotopic (exact) mass is 259 g/mol. The largest absolute Gasteiger partial charge is 0.480 e. The number of carboxylic acid groups (broad SMARTS) is 1. The third-order valence-corrected chi connectivity index (χ3v) is 4.44. The van der Waals surface area contributed by atoms with Crippen molar-refractivity contribution < 1.29 is 9.90 Å². The van der Waals surface area contributed by atoms with Crippen LogP contribution in [0.1, 0.15) is 47.0 Å². The summed E-state index contributed by atoms with van der Waals surface area (Å²) in [5, 5.41) is 12.6. The fraction of sp³-hybridized carbons (Fsp3) is 0.923. The Kier molecular flexibility index (Phi) is 5.32. The summed E-state index contributed by atoms with van der Waals surface area (Å²) in [5.41, 5.74) is 0. The van der Waals surface area contributed by atoms with Gasteiger partial charge in [0.1, 0.15) is 6.04 Å². The quantitative estimate of drug-likeness (QED) is 0.797. The van der Waals surface area contributed by atoms with E-state index in [2.05, 4.69) is 33.0 Å². The summed E-state index contributed by atoms with van der Waals surface area (Å²) in [6.07, 6.45) is 2.82. The van der Waals surface area contributed by atoms with Gasteiger partial charge in [-0.1, -0.05) is 27.7 Å². The van der Waals surface area contributed by atoms with E-state index >= 15 is 0 Å². The van der Waals surface area contributed by atoms with E-state index in [1.807, 2.05) is 11.8 Å². The zero-order valence-corrected chi connectivity index (χ0v) is 12.1. The van der Waals surface area contributed by atoms with Crippen LogP contribution in [0.2, 0.25) is 0 Å². The Morgan fingerprint density at radius 1 is 1.35 bits per heavy atom. The second kappa shape index (κ2) is 6.10. The predicted molar refractivity (Wildman–Crippen MR) is 73.3 cm³/mol. The summed E-state index contributed by atoms with van der Waals surface area (Å²) in [6.45, 7) is 8.81. The molecule has 0 spiro atoms. The van der Waals surface area contributed by atoms with E-state index in [1.54, 1.807) is 0 Å². The molecule has 1 unspecified atom stereocenters. The van der Waals surface area contributed by atoms with Crippen molar-refractivity contribution in [1.82, 2.24) is 5.32 Å². The van der Waals surface area contributed by atoms with E-state index in [4.69, 9.17) is 5.11 Å². The molecule has 0 saturated carbocycles.